The van der Waals surface area contributed by atoms with Crippen molar-refractivity contribution in [1.29, 1.82) is 0 Å². The summed E-state index contributed by atoms with van der Waals surface area (Å²) in [6.07, 6.45) is 3.92. The van der Waals surface area contributed by atoms with Gasteiger partial charge in [-0.2, -0.15) is 0 Å². The maximum atomic E-state index is 4.34. The van der Waals surface area contributed by atoms with E-state index >= 15 is 0 Å². The van der Waals surface area contributed by atoms with Gasteiger partial charge in [-0.25, -0.2) is 9.97 Å². The summed E-state index contributed by atoms with van der Waals surface area (Å²) in [5.74, 6) is 0.859. The molecule has 0 amide bonds. The molecule has 1 heterocycles. The molecular weight excluding hydrogens is 160 g/mol. The van der Waals surface area contributed by atoms with Gasteiger partial charge < -0.3 is 0 Å². The zero-order valence-electron chi connectivity index (χ0n) is 8.59. The third-order valence-electron chi connectivity index (χ3n) is 2.13. The van der Waals surface area contributed by atoms with Crippen molar-refractivity contribution in [2.75, 3.05) is 0 Å². The Bertz CT molecular complexity index is 293. The van der Waals surface area contributed by atoms with E-state index in [0.29, 0.717) is 0 Å². The van der Waals surface area contributed by atoms with Gasteiger partial charge in [0, 0.05) is 11.4 Å². The molecule has 0 saturated carbocycles. The largest absolute Gasteiger partial charge is 0.238 e. The Morgan fingerprint density at radius 3 is 2.15 bits per heavy atom. The topological polar surface area (TPSA) is 25.8 Å². The van der Waals surface area contributed by atoms with Crippen LogP contribution in [0, 0.1) is 20.8 Å². The number of aryl methyl sites for hydroxylation is 3. The van der Waals surface area contributed by atoms with Crippen LogP contribution in [-0.2, 0) is 6.42 Å². The monoisotopic (exact) mass is 176 g/mol. The normalized spacial score (nSPS) is 10.1. The predicted molar refractivity (Wildman–Crippen MR) is 54.8 cm³/mol. The molecule has 0 bridgehead atoms. The molecule has 2 nitrogen and oxygen atoms in total. The van der Waals surface area contributed by atoms with Gasteiger partial charge in [0.25, 0.3) is 0 Å². The van der Waals surface area contributed by atoms with Crippen molar-refractivity contribution >= 4 is 0 Å². The highest BCUT2D eigenvalue weighted by Gasteiger charge is 2.04. The van der Waals surface area contributed by atoms with Gasteiger partial charge in [-0.05, 0) is 39.2 Å². The quantitative estimate of drug-likeness (QED) is 0.661. The summed E-state index contributed by atoms with van der Waals surface area (Å²) in [6, 6.07) is 0. The summed E-state index contributed by atoms with van der Waals surface area (Å²) in [7, 11) is 0. The molecule has 0 spiro atoms. The molecule has 0 saturated heterocycles. The summed E-state index contributed by atoms with van der Waals surface area (Å²) in [5.41, 5.74) is 3.48. The van der Waals surface area contributed by atoms with Crippen LogP contribution < -0.4 is 0 Å². The molecule has 1 aromatic rings. The van der Waals surface area contributed by atoms with Crippen LogP contribution in [0.3, 0.4) is 0 Å². The van der Waals surface area contributed by atoms with Gasteiger partial charge in [0.1, 0.15) is 5.82 Å². The number of aromatic nitrogens is 2. The molecule has 0 aliphatic rings. The standard InChI is InChI=1S/C11H16N2/c1-5-6-7-11-8(2)12-10(4)13-9(11)3/h5H,1,6-7H2,2-4H3. The van der Waals surface area contributed by atoms with Crippen LogP contribution in [0.15, 0.2) is 12.7 Å². The van der Waals surface area contributed by atoms with Gasteiger partial charge in [0.2, 0.25) is 0 Å². The van der Waals surface area contributed by atoms with Crippen LogP contribution in [0.4, 0.5) is 0 Å². The van der Waals surface area contributed by atoms with Crippen molar-refractivity contribution in [2.24, 2.45) is 0 Å². The van der Waals surface area contributed by atoms with Crippen molar-refractivity contribution in [3.63, 3.8) is 0 Å². The van der Waals surface area contributed by atoms with Crippen LogP contribution in [0.1, 0.15) is 29.2 Å². The molecule has 0 aliphatic carbocycles. The van der Waals surface area contributed by atoms with Crippen LogP contribution in [0.5, 0.6) is 0 Å². The molecule has 70 valence electrons. The SMILES string of the molecule is C=CCCc1c(C)nc(C)nc1C. The minimum Gasteiger partial charge on any atom is -0.238 e. The molecule has 1 rings (SSSR count). The smallest absolute Gasteiger partial charge is 0.125 e. The lowest BCUT2D eigenvalue weighted by atomic mass is 10.1. The number of rotatable bonds is 3. The minimum absolute atomic E-state index is 0.859. The lowest BCUT2D eigenvalue weighted by Crippen LogP contribution is -2.02. The maximum absolute atomic E-state index is 4.34. The molecule has 0 radical (unpaired) electrons. The highest BCUT2D eigenvalue weighted by molar-refractivity contribution is 5.24. The molecule has 0 aromatic carbocycles. The van der Waals surface area contributed by atoms with Crippen molar-refractivity contribution < 1.29 is 0 Å². The van der Waals surface area contributed by atoms with E-state index < -0.39 is 0 Å². The van der Waals surface area contributed by atoms with E-state index in [4.69, 9.17) is 0 Å². The first kappa shape index (κ1) is 9.90. The van der Waals surface area contributed by atoms with E-state index in [2.05, 4.69) is 16.5 Å². The molecule has 2 heteroatoms. The van der Waals surface area contributed by atoms with E-state index in [0.717, 1.165) is 30.1 Å². The molecule has 0 fully saturated rings. The molecule has 0 unspecified atom stereocenters. The Morgan fingerprint density at radius 2 is 1.69 bits per heavy atom. The molecule has 13 heavy (non-hydrogen) atoms. The summed E-state index contributed by atoms with van der Waals surface area (Å²) >= 11 is 0. The molecule has 0 N–H and O–H groups in total. The van der Waals surface area contributed by atoms with Crippen molar-refractivity contribution in [1.82, 2.24) is 9.97 Å². The first-order valence-corrected chi connectivity index (χ1v) is 4.56. The zero-order valence-corrected chi connectivity index (χ0v) is 8.59. The van der Waals surface area contributed by atoms with E-state index in [1.54, 1.807) is 0 Å². The second-order valence-electron chi connectivity index (χ2n) is 3.25. The van der Waals surface area contributed by atoms with E-state index in [-0.39, 0.29) is 0 Å². The molecular formula is C11H16N2. The van der Waals surface area contributed by atoms with E-state index in [9.17, 15) is 0 Å². The lowest BCUT2D eigenvalue weighted by molar-refractivity contribution is 0.881. The highest BCUT2D eigenvalue weighted by atomic mass is 14.9. The predicted octanol–water partition coefficient (Wildman–Crippen LogP) is 2.52. The third-order valence-corrected chi connectivity index (χ3v) is 2.13. The molecule has 0 aliphatic heterocycles. The van der Waals surface area contributed by atoms with Gasteiger partial charge in [-0.1, -0.05) is 6.08 Å². The Kier molecular flexibility index (Phi) is 3.18. The third kappa shape index (κ3) is 2.38. The fourth-order valence-electron chi connectivity index (χ4n) is 1.52. The zero-order chi connectivity index (χ0) is 9.84. The Hall–Kier alpha value is -1.18. The summed E-state index contributed by atoms with van der Waals surface area (Å²) in [4.78, 5) is 8.68. The number of hydrogen-bond acceptors (Lipinski definition) is 2. The van der Waals surface area contributed by atoms with Gasteiger partial charge >= 0.3 is 0 Å². The number of hydrogen-bond donors (Lipinski definition) is 0. The average Bonchev–Trinajstić information content (AvgIpc) is 2.02. The number of allylic oxidation sites excluding steroid dienone is 1. The van der Waals surface area contributed by atoms with Crippen molar-refractivity contribution in [2.45, 2.75) is 33.6 Å². The second-order valence-corrected chi connectivity index (χ2v) is 3.25. The van der Waals surface area contributed by atoms with E-state index in [1.807, 2.05) is 26.8 Å². The highest BCUT2D eigenvalue weighted by Crippen LogP contribution is 2.12. The minimum atomic E-state index is 0.859. The van der Waals surface area contributed by atoms with Gasteiger partial charge in [0.05, 0.1) is 0 Å². The second kappa shape index (κ2) is 4.17. The van der Waals surface area contributed by atoms with Crippen LogP contribution in [0.25, 0.3) is 0 Å². The summed E-state index contributed by atoms with van der Waals surface area (Å²) in [5, 5.41) is 0. The van der Waals surface area contributed by atoms with E-state index in [1.165, 1.54) is 5.56 Å². The fourth-order valence-corrected chi connectivity index (χ4v) is 1.52. The maximum Gasteiger partial charge on any atom is 0.125 e. The van der Waals surface area contributed by atoms with Crippen LogP contribution in [0.2, 0.25) is 0 Å². The fraction of sp³-hybridized carbons (Fsp3) is 0.455. The molecule has 0 atom stereocenters. The van der Waals surface area contributed by atoms with Gasteiger partial charge in [-0.15, -0.1) is 6.58 Å². The Balaban J connectivity index is 2.98. The summed E-state index contributed by atoms with van der Waals surface area (Å²) in [6.45, 7) is 9.72. The lowest BCUT2D eigenvalue weighted by Gasteiger charge is -2.07. The Morgan fingerprint density at radius 1 is 1.15 bits per heavy atom. The van der Waals surface area contributed by atoms with Crippen molar-refractivity contribution in [3.05, 3.63) is 35.4 Å². The average molecular weight is 176 g/mol. The first-order chi connectivity index (χ1) is 6.15. The number of nitrogens with zero attached hydrogens (tertiary/aromatic N) is 2. The van der Waals surface area contributed by atoms with Crippen LogP contribution >= 0.6 is 0 Å². The Labute approximate surface area is 79.7 Å². The van der Waals surface area contributed by atoms with Crippen LogP contribution in [-0.4, -0.2) is 9.97 Å². The first-order valence-electron chi connectivity index (χ1n) is 4.56. The summed E-state index contributed by atoms with van der Waals surface area (Å²) < 4.78 is 0. The van der Waals surface area contributed by atoms with Crippen molar-refractivity contribution in [3.8, 4) is 0 Å². The van der Waals surface area contributed by atoms with Gasteiger partial charge in [0.15, 0.2) is 0 Å². The van der Waals surface area contributed by atoms with Gasteiger partial charge in [-0.3, -0.25) is 0 Å². The molecule has 1 aromatic heterocycles.